The third-order valence-electron chi connectivity index (χ3n) is 3.16. The molecule has 0 aliphatic heterocycles. The molecule has 0 radical (unpaired) electrons. The number of rotatable bonds is 2. The summed E-state index contributed by atoms with van der Waals surface area (Å²) < 4.78 is 41.0. The van der Waals surface area contributed by atoms with Crippen molar-refractivity contribution < 1.29 is 18.0 Å². The van der Waals surface area contributed by atoms with Gasteiger partial charge in [0, 0.05) is 7.05 Å². The molecular formula is C14H14F3N3O. The van der Waals surface area contributed by atoms with Crippen LogP contribution in [0.1, 0.15) is 27.3 Å². The molecule has 2 aromatic rings. The molecule has 0 fully saturated rings. The zero-order valence-electron chi connectivity index (χ0n) is 11.7. The van der Waals surface area contributed by atoms with Gasteiger partial charge >= 0.3 is 6.18 Å². The molecule has 0 bridgehead atoms. The van der Waals surface area contributed by atoms with Gasteiger partial charge in [-0.25, -0.2) is 4.98 Å². The lowest BCUT2D eigenvalue weighted by atomic mass is 10.1. The minimum Gasteiger partial charge on any atom is -0.354 e. The van der Waals surface area contributed by atoms with E-state index in [1.54, 1.807) is 32.0 Å². The predicted octanol–water partition coefficient (Wildman–Crippen LogP) is 2.87. The van der Waals surface area contributed by atoms with Crippen molar-refractivity contribution in [3.8, 4) is 5.69 Å². The average molecular weight is 297 g/mol. The lowest BCUT2D eigenvalue weighted by Crippen LogP contribution is -2.24. The number of para-hydroxylation sites is 1. The summed E-state index contributed by atoms with van der Waals surface area (Å²) >= 11 is 0. The maximum Gasteiger partial charge on any atom is 0.434 e. The van der Waals surface area contributed by atoms with E-state index in [1.807, 2.05) is 0 Å². The summed E-state index contributed by atoms with van der Waals surface area (Å²) in [6.07, 6.45) is -3.66. The van der Waals surface area contributed by atoms with E-state index in [2.05, 4.69) is 10.3 Å². The molecule has 7 heteroatoms. The third-order valence-corrected chi connectivity index (χ3v) is 3.16. The van der Waals surface area contributed by atoms with Crippen LogP contribution in [0.3, 0.4) is 0 Å². The largest absolute Gasteiger partial charge is 0.434 e. The molecule has 0 unspecified atom stereocenters. The van der Waals surface area contributed by atoms with Crippen molar-refractivity contribution in [2.75, 3.05) is 7.05 Å². The molecule has 1 N–H and O–H groups in total. The fourth-order valence-electron chi connectivity index (χ4n) is 2.26. The number of imidazole rings is 1. The first-order valence-corrected chi connectivity index (χ1v) is 6.20. The fraction of sp³-hybridized carbons (Fsp3) is 0.286. The highest BCUT2D eigenvalue weighted by Crippen LogP contribution is 2.34. The van der Waals surface area contributed by atoms with E-state index in [-0.39, 0.29) is 0 Å². The highest BCUT2D eigenvalue weighted by molar-refractivity contribution is 5.93. The number of nitrogens with zero attached hydrogens (tertiary/aromatic N) is 2. The van der Waals surface area contributed by atoms with Gasteiger partial charge in [-0.2, -0.15) is 13.2 Å². The van der Waals surface area contributed by atoms with Gasteiger partial charge in [0.2, 0.25) is 0 Å². The predicted molar refractivity (Wildman–Crippen MR) is 71.4 cm³/mol. The van der Waals surface area contributed by atoms with Gasteiger partial charge in [-0.05, 0) is 25.0 Å². The van der Waals surface area contributed by atoms with E-state index in [4.69, 9.17) is 0 Å². The number of amides is 1. The Hall–Kier alpha value is -2.31. The molecule has 2 rings (SSSR count). The first kappa shape index (κ1) is 15.1. The highest BCUT2D eigenvalue weighted by atomic mass is 19.4. The van der Waals surface area contributed by atoms with Gasteiger partial charge in [0.05, 0.1) is 5.69 Å². The number of aryl methyl sites for hydroxylation is 2. The summed E-state index contributed by atoms with van der Waals surface area (Å²) in [6, 6.07) is 5.18. The molecule has 4 nitrogen and oxygen atoms in total. The second kappa shape index (κ2) is 5.23. The zero-order chi connectivity index (χ0) is 15.8. The van der Waals surface area contributed by atoms with Gasteiger partial charge in [0.1, 0.15) is 6.33 Å². The Morgan fingerprint density at radius 2 is 1.81 bits per heavy atom. The fourth-order valence-corrected chi connectivity index (χ4v) is 2.26. The summed E-state index contributed by atoms with van der Waals surface area (Å²) in [5.41, 5.74) is 0.0158. The maximum atomic E-state index is 13.3. The summed E-state index contributed by atoms with van der Waals surface area (Å²) in [5.74, 6) is -0.868. The molecule has 21 heavy (non-hydrogen) atoms. The molecule has 112 valence electrons. The lowest BCUT2D eigenvalue weighted by molar-refractivity contribution is -0.142. The summed E-state index contributed by atoms with van der Waals surface area (Å²) in [6.45, 7) is 3.42. The summed E-state index contributed by atoms with van der Waals surface area (Å²) in [7, 11) is 1.26. The van der Waals surface area contributed by atoms with Crippen LogP contribution in [0.25, 0.3) is 5.69 Å². The Balaban J connectivity index is 2.77. The van der Waals surface area contributed by atoms with Gasteiger partial charge in [-0.3, -0.25) is 9.36 Å². The summed E-state index contributed by atoms with van der Waals surface area (Å²) in [5, 5.41) is 2.17. The van der Waals surface area contributed by atoms with Crippen LogP contribution in [0.4, 0.5) is 13.2 Å². The Bertz CT molecular complexity index is 669. The second-order valence-corrected chi connectivity index (χ2v) is 4.63. The van der Waals surface area contributed by atoms with Crippen molar-refractivity contribution in [1.29, 1.82) is 0 Å². The van der Waals surface area contributed by atoms with Crippen LogP contribution in [0.2, 0.25) is 0 Å². The monoisotopic (exact) mass is 297 g/mol. The first-order valence-electron chi connectivity index (χ1n) is 6.20. The van der Waals surface area contributed by atoms with Crippen LogP contribution in [-0.4, -0.2) is 22.5 Å². The number of aromatic nitrogens is 2. The molecule has 0 saturated carbocycles. The van der Waals surface area contributed by atoms with Crippen molar-refractivity contribution in [2.45, 2.75) is 20.0 Å². The topological polar surface area (TPSA) is 46.9 Å². The van der Waals surface area contributed by atoms with Crippen LogP contribution in [0.5, 0.6) is 0 Å². The molecule has 0 saturated heterocycles. The third kappa shape index (κ3) is 2.63. The van der Waals surface area contributed by atoms with Gasteiger partial charge in [-0.15, -0.1) is 0 Å². The molecular weight excluding hydrogens is 283 g/mol. The maximum absolute atomic E-state index is 13.3. The number of carbonyl (C=O) groups excluding carboxylic acids is 1. The molecule has 0 atom stereocenters. The van der Waals surface area contributed by atoms with Crippen molar-refractivity contribution in [1.82, 2.24) is 14.9 Å². The minimum absolute atomic E-state index is 0.382. The van der Waals surface area contributed by atoms with Crippen LogP contribution >= 0.6 is 0 Å². The van der Waals surface area contributed by atoms with Crippen molar-refractivity contribution >= 4 is 5.91 Å². The van der Waals surface area contributed by atoms with Crippen molar-refractivity contribution in [3.05, 3.63) is 47.0 Å². The van der Waals surface area contributed by atoms with Gasteiger partial charge in [0.25, 0.3) is 5.91 Å². The van der Waals surface area contributed by atoms with E-state index in [1.165, 1.54) is 7.05 Å². The number of hydrogen-bond acceptors (Lipinski definition) is 2. The number of benzene rings is 1. The molecule has 1 amide bonds. The number of alkyl halides is 3. The Morgan fingerprint density at radius 1 is 1.24 bits per heavy atom. The molecule has 1 heterocycles. The van der Waals surface area contributed by atoms with E-state index < -0.39 is 23.5 Å². The number of carbonyl (C=O) groups is 1. The number of hydrogen-bond donors (Lipinski definition) is 1. The molecule has 0 aliphatic carbocycles. The van der Waals surface area contributed by atoms with Crippen molar-refractivity contribution in [2.24, 2.45) is 0 Å². The van der Waals surface area contributed by atoms with E-state index in [9.17, 15) is 18.0 Å². The van der Waals surface area contributed by atoms with Crippen LogP contribution < -0.4 is 5.32 Å². The Kier molecular flexibility index (Phi) is 3.76. The zero-order valence-corrected chi connectivity index (χ0v) is 11.7. The van der Waals surface area contributed by atoms with Gasteiger partial charge in [-0.1, -0.05) is 18.2 Å². The highest BCUT2D eigenvalue weighted by Gasteiger charge is 2.40. The van der Waals surface area contributed by atoms with E-state index in [0.29, 0.717) is 16.8 Å². The molecule has 1 aromatic carbocycles. The lowest BCUT2D eigenvalue weighted by Gasteiger charge is -2.16. The van der Waals surface area contributed by atoms with Crippen molar-refractivity contribution in [3.63, 3.8) is 0 Å². The summed E-state index contributed by atoms with van der Waals surface area (Å²) in [4.78, 5) is 15.3. The smallest absolute Gasteiger partial charge is 0.354 e. The molecule has 0 aliphatic rings. The molecule has 0 spiro atoms. The van der Waals surface area contributed by atoms with Crippen LogP contribution in [0, 0.1) is 13.8 Å². The second-order valence-electron chi connectivity index (χ2n) is 4.63. The first-order chi connectivity index (χ1) is 9.77. The SMILES string of the molecule is CNC(=O)c1ncn(-c2c(C)cccc2C)c1C(F)(F)F. The average Bonchev–Trinajstić information content (AvgIpc) is 2.82. The quantitative estimate of drug-likeness (QED) is 0.926. The van der Waals surface area contributed by atoms with Crippen LogP contribution in [0.15, 0.2) is 24.5 Å². The molecule has 1 aromatic heterocycles. The Morgan fingerprint density at radius 3 is 2.29 bits per heavy atom. The van der Waals surface area contributed by atoms with E-state index >= 15 is 0 Å². The van der Waals surface area contributed by atoms with Crippen LogP contribution in [-0.2, 0) is 6.18 Å². The Labute approximate surface area is 119 Å². The minimum atomic E-state index is -4.69. The van der Waals surface area contributed by atoms with Gasteiger partial charge < -0.3 is 5.32 Å². The van der Waals surface area contributed by atoms with Gasteiger partial charge in [0.15, 0.2) is 11.4 Å². The number of halogens is 3. The standard InChI is InChI=1S/C14H14F3N3O/c1-8-5-4-6-9(2)11(8)20-7-19-10(13(21)18-3)12(20)14(15,16)17/h4-7H,1-3H3,(H,18,21). The number of nitrogens with one attached hydrogen (secondary N) is 1. The normalized spacial score (nSPS) is 11.5. The van der Waals surface area contributed by atoms with E-state index in [0.717, 1.165) is 10.9 Å².